The highest BCUT2D eigenvalue weighted by atomic mass is 16.5. The number of piperazine rings is 1. The van der Waals surface area contributed by atoms with E-state index in [1.807, 2.05) is 18.3 Å². The maximum absolute atomic E-state index is 12.6. The highest BCUT2D eigenvalue weighted by molar-refractivity contribution is 5.99. The number of aromatic nitrogens is 4. The second kappa shape index (κ2) is 7.72. The summed E-state index contributed by atoms with van der Waals surface area (Å²) in [6, 6.07) is 5.90. The largest absolute Gasteiger partial charge is 0.381 e. The molecule has 0 atom stereocenters. The zero-order valence-corrected chi connectivity index (χ0v) is 17.8. The van der Waals surface area contributed by atoms with Crippen LogP contribution in [0.1, 0.15) is 23.3 Å². The van der Waals surface area contributed by atoms with E-state index in [2.05, 4.69) is 41.5 Å². The van der Waals surface area contributed by atoms with E-state index in [1.54, 1.807) is 6.20 Å². The van der Waals surface area contributed by atoms with Gasteiger partial charge in [0.15, 0.2) is 0 Å². The van der Waals surface area contributed by atoms with E-state index in [4.69, 9.17) is 9.72 Å². The average Bonchev–Trinajstić information content (AvgIpc) is 3.24. The summed E-state index contributed by atoms with van der Waals surface area (Å²) >= 11 is 0. The van der Waals surface area contributed by atoms with Crippen molar-refractivity contribution < 1.29 is 9.53 Å². The van der Waals surface area contributed by atoms with E-state index >= 15 is 0 Å². The molecular formula is C22H26N8O2. The van der Waals surface area contributed by atoms with Gasteiger partial charge in [0.05, 0.1) is 17.4 Å². The molecule has 0 radical (unpaired) electrons. The molecule has 1 amide bonds. The van der Waals surface area contributed by atoms with Crippen LogP contribution < -0.4 is 20.9 Å². The molecule has 0 bridgehead atoms. The molecule has 2 saturated heterocycles. The molecule has 0 aromatic carbocycles. The quantitative estimate of drug-likeness (QED) is 0.565. The molecule has 3 N–H and O–H groups in total. The molecule has 0 aliphatic carbocycles. The molecule has 6 heterocycles. The first kappa shape index (κ1) is 19.4. The molecule has 6 rings (SSSR count). The average molecular weight is 435 g/mol. The normalized spacial score (nSPS) is 20.2. The lowest BCUT2D eigenvalue weighted by molar-refractivity contribution is 0.0167. The second-order valence-electron chi connectivity index (χ2n) is 8.62. The first-order valence-electron chi connectivity index (χ1n) is 11.2. The number of nitrogens with one attached hydrogen (secondary N) is 3. The topological polar surface area (TPSA) is 109 Å². The standard InChI is InChI=1S/C22H26N8O2/c31-20-17-11-15-12-25-21(27-18-2-1-16(13-24-18)29-7-5-23-6-8-29)28-19(15)30(17)22(14-26-20)3-9-32-10-4-22/h1-2,11-13,23H,3-10,14H2,(H,26,31)(H,24,25,27,28). The molecule has 10 nitrogen and oxygen atoms in total. The van der Waals surface area contributed by atoms with Gasteiger partial charge < -0.3 is 30.2 Å². The van der Waals surface area contributed by atoms with Crippen molar-refractivity contribution in [3.05, 3.63) is 36.3 Å². The van der Waals surface area contributed by atoms with Crippen molar-refractivity contribution in [2.24, 2.45) is 0 Å². The fourth-order valence-corrected chi connectivity index (χ4v) is 4.95. The Hall–Kier alpha value is -3.24. The van der Waals surface area contributed by atoms with Crippen LogP contribution in [-0.2, 0) is 10.3 Å². The highest BCUT2D eigenvalue weighted by Crippen LogP contribution is 2.36. The minimum Gasteiger partial charge on any atom is -0.381 e. The maximum atomic E-state index is 12.6. The Kier molecular flexibility index (Phi) is 4.69. The smallest absolute Gasteiger partial charge is 0.268 e. The molecule has 3 aliphatic rings. The first-order valence-corrected chi connectivity index (χ1v) is 11.2. The second-order valence-corrected chi connectivity index (χ2v) is 8.62. The van der Waals surface area contributed by atoms with Crippen molar-refractivity contribution in [1.29, 1.82) is 0 Å². The molecule has 1 spiro atoms. The van der Waals surface area contributed by atoms with Crippen LogP contribution in [0.15, 0.2) is 30.6 Å². The third-order valence-electron chi connectivity index (χ3n) is 6.72. The van der Waals surface area contributed by atoms with E-state index in [1.165, 1.54) is 0 Å². The summed E-state index contributed by atoms with van der Waals surface area (Å²) in [6.07, 6.45) is 5.33. The van der Waals surface area contributed by atoms with Gasteiger partial charge in [-0.1, -0.05) is 0 Å². The molecule has 3 aromatic rings. The summed E-state index contributed by atoms with van der Waals surface area (Å²) in [5.41, 5.74) is 2.31. The van der Waals surface area contributed by atoms with Gasteiger partial charge in [-0.15, -0.1) is 0 Å². The molecule has 2 fully saturated rings. The summed E-state index contributed by atoms with van der Waals surface area (Å²) in [4.78, 5) is 28.7. The van der Waals surface area contributed by atoms with Crippen molar-refractivity contribution in [1.82, 2.24) is 30.2 Å². The summed E-state index contributed by atoms with van der Waals surface area (Å²) in [6.45, 7) is 5.88. The van der Waals surface area contributed by atoms with Gasteiger partial charge in [-0.2, -0.15) is 4.98 Å². The Bertz CT molecular complexity index is 1150. The minimum absolute atomic E-state index is 0.0696. The number of rotatable bonds is 3. The Morgan fingerprint density at radius 2 is 1.94 bits per heavy atom. The monoisotopic (exact) mass is 434 g/mol. The predicted molar refractivity (Wildman–Crippen MR) is 120 cm³/mol. The van der Waals surface area contributed by atoms with Gasteiger partial charge in [-0.3, -0.25) is 4.79 Å². The fraction of sp³-hybridized carbons (Fsp3) is 0.455. The van der Waals surface area contributed by atoms with Gasteiger partial charge in [-0.25, -0.2) is 9.97 Å². The van der Waals surface area contributed by atoms with Crippen molar-refractivity contribution in [3.63, 3.8) is 0 Å². The number of anilines is 3. The number of nitrogens with zero attached hydrogens (tertiary/aromatic N) is 5. The number of ether oxygens (including phenoxy) is 1. The lowest BCUT2D eigenvalue weighted by Gasteiger charge is -2.42. The van der Waals surface area contributed by atoms with Crippen LogP contribution in [-0.4, -0.2) is 71.4 Å². The van der Waals surface area contributed by atoms with E-state index in [9.17, 15) is 4.79 Å². The van der Waals surface area contributed by atoms with Gasteiger partial charge >= 0.3 is 0 Å². The lowest BCUT2D eigenvalue weighted by atomic mass is 9.87. The van der Waals surface area contributed by atoms with Gasteiger partial charge in [0.25, 0.3) is 5.91 Å². The van der Waals surface area contributed by atoms with Gasteiger partial charge in [0, 0.05) is 57.5 Å². The number of pyridine rings is 1. The van der Waals surface area contributed by atoms with E-state index in [0.29, 0.717) is 37.2 Å². The lowest BCUT2D eigenvalue weighted by Crippen LogP contribution is -2.54. The number of fused-ring (bicyclic) bond motifs is 4. The van der Waals surface area contributed by atoms with Crippen LogP contribution in [0.3, 0.4) is 0 Å². The van der Waals surface area contributed by atoms with E-state index in [-0.39, 0.29) is 11.4 Å². The van der Waals surface area contributed by atoms with Crippen LogP contribution in [0.25, 0.3) is 11.0 Å². The molecule has 166 valence electrons. The van der Waals surface area contributed by atoms with Crippen LogP contribution in [0.5, 0.6) is 0 Å². The van der Waals surface area contributed by atoms with Crippen LogP contribution in [0, 0.1) is 0 Å². The van der Waals surface area contributed by atoms with Gasteiger partial charge in [-0.05, 0) is 31.0 Å². The number of carbonyl (C=O) groups is 1. The van der Waals surface area contributed by atoms with E-state index < -0.39 is 0 Å². The SMILES string of the molecule is O=C1NCC2(CCOCC2)n2c1cc1cnc(Nc3ccc(N4CCNCC4)cn3)nc12. The Morgan fingerprint density at radius 3 is 2.72 bits per heavy atom. The molecule has 3 aliphatic heterocycles. The predicted octanol–water partition coefficient (Wildman–Crippen LogP) is 1.23. The summed E-state index contributed by atoms with van der Waals surface area (Å²) < 4.78 is 7.71. The van der Waals surface area contributed by atoms with Crippen LogP contribution in [0.4, 0.5) is 17.5 Å². The molecular weight excluding hydrogens is 408 g/mol. The number of carbonyl (C=O) groups excluding carboxylic acids is 1. The van der Waals surface area contributed by atoms with Crippen molar-refractivity contribution in [2.45, 2.75) is 18.4 Å². The van der Waals surface area contributed by atoms with Crippen molar-refractivity contribution in [3.8, 4) is 0 Å². The Morgan fingerprint density at radius 1 is 1.09 bits per heavy atom. The molecule has 10 heteroatoms. The van der Waals surface area contributed by atoms with Gasteiger partial charge in [0.1, 0.15) is 17.2 Å². The number of hydrogen-bond donors (Lipinski definition) is 3. The summed E-state index contributed by atoms with van der Waals surface area (Å²) in [5, 5.41) is 10.5. The molecule has 0 saturated carbocycles. The van der Waals surface area contributed by atoms with Crippen molar-refractivity contribution in [2.75, 3.05) is 56.2 Å². The maximum Gasteiger partial charge on any atom is 0.268 e. The summed E-state index contributed by atoms with van der Waals surface area (Å²) in [7, 11) is 0. The number of amides is 1. The van der Waals surface area contributed by atoms with E-state index in [0.717, 1.165) is 55.7 Å². The van der Waals surface area contributed by atoms with Crippen LogP contribution in [0.2, 0.25) is 0 Å². The third kappa shape index (κ3) is 3.26. The Labute approximate surface area is 185 Å². The highest BCUT2D eigenvalue weighted by Gasteiger charge is 2.42. The first-order chi connectivity index (χ1) is 15.7. The summed E-state index contributed by atoms with van der Waals surface area (Å²) in [5.74, 6) is 1.08. The van der Waals surface area contributed by atoms with Crippen LogP contribution >= 0.6 is 0 Å². The van der Waals surface area contributed by atoms with Crippen molar-refractivity contribution >= 4 is 34.4 Å². The zero-order valence-electron chi connectivity index (χ0n) is 17.8. The zero-order chi connectivity index (χ0) is 21.5. The fourth-order valence-electron chi connectivity index (χ4n) is 4.95. The minimum atomic E-state index is -0.210. The third-order valence-corrected chi connectivity index (χ3v) is 6.72. The molecule has 0 unspecified atom stereocenters. The molecule has 32 heavy (non-hydrogen) atoms. The Balaban J connectivity index is 1.31. The van der Waals surface area contributed by atoms with Gasteiger partial charge in [0.2, 0.25) is 5.95 Å². The number of hydrogen-bond acceptors (Lipinski definition) is 8. The molecule has 3 aromatic heterocycles.